The number of ether oxygens (including phenoxy) is 1. The van der Waals surface area contributed by atoms with Crippen molar-refractivity contribution in [2.45, 2.75) is 13.8 Å². The topological polar surface area (TPSA) is 72.7 Å². The first-order valence-electron chi connectivity index (χ1n) is 5.56. The van der Waals surface area contributed by atoms with Gasteiger partial charge in [0.15, 0.2) is 0 Å². The molecule has 0 aromatic heterocycles. The lowest BCUT2D eigenvalue weighted by molar-refractivity contribution is -0.385. The molecule has 0 aliphatic rings. The van der Waals surface area contributed by atoms with Gasteiger partial charge in [-0.15, -0.1) is 0 Å². The zero-order chi connectivity index (χ0) is 13.7. The Hall–Kier alpha value is -2.11. The van der Waals surface area contributed by atoms with Gasteiger partial charge in [0.25, 0.3) is 5.69 Å². The predicted molar refractivity (Wildman–Crippen MR) is 67.7 cm³/mol. The van der Waals surface area contributed by atoms with Crippen LogP contribution in [-0.4, -0.2) is 31.1 Å². The molecule has 98 valence electrons. The van der Waals surface area contributed by atoms with Crippen molar-refractivity contribution in [1.29, 1.82) is 0 Å². The van der Waals surface area contributed by atoms with E-state index in [1.165, 1.54) is 13.2 Å². The Morgan fingerprint density at radius 1 is 1.50 bits per heavy atom. The van der Waals surface area contributed by atoms with Gasteiger partial charge in [-0.05, 0) is 26.0 Å². The fourth-order valence-electron chi connectivity index (χ4n) is 1.65. The number of esters is 1. The average Bonchev–Trinajstić information content (AvgIpc) is 2.34. The summed E-state index contributed by atoms with van der Waals surface area (Å²) in [7, 11) is 1.33. The highest BCUT2D eigenvalue weighted by atomic mass is 16.6. The largest absolute Gasteiger partial charge is 0.468 e. The molecule has 0 saturated heterocycles. The van der Waals surface area contributed by atoms with E-state index < -0.39 is 4.92 Å². The minimum Gasteiger partial charge on any atom is -0.468 e. The molecule has 0 atom stereocenters. The molecule has 0 bridgehead atoms. The number of nitro benzene ring substituents is 1. The Balaban J connectivity index is 2.97. The first-order valence-corrected chi connectivity index (χ1v) is 5.56. The van der Waals surface area contributed by atoms with E-state index in [1.54, 1.807) is 24.0 Å². The van der Waals surface area contributed by atoms with Gasteiger partial charge in [-0.2, -0.15) is 0 Å². The Morgan fingerprint density at radius 3 is 2.61 bits per heavy atom. The summed E-state index contributed by atoms with van der Waals surface area (Å²) in [6.45, 7) is 4.32. The molecule has 0 fully saturated rings. The zero-order valence-corrected chi connectivity index (χ0v) is 10.7. The van der Waals surface area contributed by atoms with E-state index in [-0.39, 0.29) is 18.2 Å². The van der Waals surface area contributed by atoms with Gasteiger partial charge in [-0.3, -0.25) is 14.9 Å². The van der Waals surface area contributed by atoms with Crippen molar-refractivity contribution in [2.24, 2.45) is 0 Å². The van der Waals surface area contributed by atoms with Gasteiger partial charge in [0, 0.05) is 23.9 Å². The number of carbonyl (C=O) groups is 1. The van der Waals surface area contributed by atoms with Gasteiger partial charge in [-0.25, -0.2) is 0 Å². The summed E-state index contributed by atoms with van der Waals surface area (Å²) in [5, 5.41) is 10.7. The third-order valence-electron chi connectivity index (χ3n) is 2.67. The van der Waals surface area contributed by atoms with Crippen LogP contribution in [0.2, 0.25) is 0 Å². The minimum atomic E-state index is -0.421. The number of hydrogen-bond acceptors (Lipinski definition) is 5. The molecular weight excluding hydrogens is 236 g/mol. The Labute approximate surface area is 105 Å². The summed E-state index contributed by atoms with van der Waals surface area (Å²) in [6.07, 6.45) is 0. The molecule has 0 radical (unpaired) electrons. The number of benzene rings is 1. The molecule has 1 rings (SSSR count). The van der Waals surface area contributed by atoms with Gasteiger partial charge in [0.1, 0.15) is 6.54 Å². The molecule has 0 N–H and O–H groups in total. The highest BCUT2D eigenvalue weighted by molar-refractivity contribution is 5.76. The van der Waals surface area contributed by atoms with Gasteiger partial charge in [0.05, 0.1) is 12.0 Å². The fraction of sp³-hybridized carbons (Fsp3) is 0.417. The van der Waals surface area contributed by atoms with Crippen LogP contribution in [0.3, 0.4) is 0 Å². The number of carbonyl (C=O) groups excluding carboxylic acids is 1. The Morgan fingerprint density at radius 2 is 2.17 bits per heavy atom. The first-order chi connectivity index (χ1) is 8.49. The number of methoxy groups -OCH3 is 1. The van der Waals surface area contributed by atoms with Crippen LogP contribution in [0.25, 0.3) is 0 Å². The standard InChI is InChI=1S/C12H16N2O4/c1-4-13(8-12(15)18-3)10-5-6-11(14(16)17)9(2)7-10/h5-7H,4,8H2,1-3H3. The second-order valence-corrected chi connectivity index (χ2v) is 3.82. The van der Waals surface area contributed by atoms with Crippen LogP contribution in [-0.2, 0) is 9.53 Å². The van der Waals surface area contributed by atoms with E-state index in [0.29, 0.717) is 12.1 Å². The molecule has 0 heterocycles. The number of anilines is 1. The molecule has 1 aromatic carbocycles. The van der Waals surface area contributed by atoms with Gasteiger partial charge in [0.2, 0.25) is 0 Å². The number of likely N-dealkylation sites (N-methyl/N-ethyl adjacent to an activating group) is 1. The normalized spacial score (nSPS) is 9.94. The second kappa shape index (κ2) is 6.00. The summed E-state index contributed by atoms with van der Waals surface area (Å²) in [4.78, 5) is 23.3. The maximum atomic E-state index is 11.2. The Kier molecular flexibility index (Phi) is 4.65. The fourth-order valence-corrected chi connectivity index (χ4v) is 1.65. The van der Waals surface area contributed by atoms with E-state index in [2.05, 4.69) is 4.74 Å². The number of nitro groups is 1. The van der Waals surface area contributed by atoms with Crippen molar-refractivity contribution in [3.05, 3.63) is 33.9 Å². The van der Waals surface area contributed by atoms with Crippen LogP contribution >= 0.6 is 0 Å². The molecule has 0 spiro atoms. The lowest BCUT2D eigenvalue weighted by Gasteiger charge is -2.21. The molecule has 0 aliphatic heterocycles. The number of nitrogens with zero attached hydrogens (tertiary/aromatic N) is 2. The lowest BCUT2D eigenvalue weighted by Crippen LogP contribution is -2.30. The summed E-state index contributed by atoms with van der Waals surface area (Å²) in [6, 6.07) is 4.78. The third-order valence-corrected chi connectivity index (χ3v) is 2.67. The average molecular weight is 252 g/mol. The van der Waals surface area contributed by atoms with Crippen LogP contribution in [0.1, 0.15) is 12.5 Å². The van der Waals surface area contributed by atoms with Crippen LogP contribution in [0, 0.1) is 17.0 Å². The molecule has 6 nitrogen and oxygen atoms in total. The smallest absolute Gasteiger partial charge is 0.325 e. The number of rotatable bonds is 5. The molecule has 0 amide bonds. The minimum absolute atomic E-state index is 0.0767. The maximum Gasteiger partial charge on any atom is 0.325 e. The molecule has 1 aromatic rings. The van der Waals surface area contributed by atoms with Crippen molar-refractivity contribution in [2.75, 3.05) is 25.1 Å². The summed E-state index contributed by atoms with van der Waals surface area (Å²) < 4.78 is 4.61. The highest BCUT2D eigenvalue weighted by Gasteiger charge is 2.14. The predicted octanol–water partition coefficient (Wildman–Crippen LogP) is 1.90. The quantitative estimate of drug-likeness (QED) is 0.454. The summed E-state index contributed by atoms with van der Waals surface area (Å²) in [5.41, 5.74) is 1.42. The summed E-state index contributed by atoms with van der Waals surface area (Å²) >= 11 is 0. The van der Waals surface area contributed by atoms with Crippen LogP contribution in [0.5, 0.6) is 0 Å². The van der Waals surface area contributed by atoms with E-state index in [0.717, 1.165) is 5.69 Å². The molecular formula is C12H16N2O4. The molecule has 0 saturated carbocycles. The highest BCUT2D eigenvalue weighted by Crippen LogP contribution is 2.24. The van der Waals surface area contributed by atoms with Crippen LogP contribution in [0.15, 0.2) is 18.2 Å². The molecule has 0 unspecified atom stereocenters. The zero-order valence-electron chi connectivity index (χ0n) is 10.7. The molecule has 6 heteroatoms. The molecule has 18 heavy (non-hydrogen) atoms. The van der Waals surface area contributed by atoms with E-state index in [1.807, 2.05) is 6.92 Å². The van der Waals surface area contributed by atoms with Crippen LogP contribution < -0.4 is 4.90 Å². The second-order valence-electron chi connectivity index (χ2n) is 3.82. The van der Waals surface area contributed by atoms with E-state index in [9.17, 15) is 14.9 Å². The first kappa shape index (κ1) is 14.0. The number of aryl methyl sites for hydroxylation is 1. The monoisotopic (exact) mass is 252 g/mol. The van der Waals surface area contributed by atoms with Crippen molar-refractivity contribution in [3.63, 3.8) is 0 Å². The van der Waals surface area contributed by atoms with Crippen LogP contribution in [0.4, 0.5) is 11.4 Å². The van der Waals surface area contributed by atoms with Gasteiger partial charge >= 0.3 is 5.97 Å². The van der Waals surface area contributed by atoms with Gasteiger partial charge in [-0.1, -0.05) is 0 Å². The van der Waals surface area contributed by atoms with Crippen molar-refractivity contribution >= 4 is 17.3 Å². The molecule has 0 aliphatic carbocycles. The van der Waals surface area contributed by atoms with Crippen molar-refractivity contribution in [1.82, 2.24) is 0 Å². The number of hydrogen-bond donors (Lipinski definition) is 0. The Bertz CT molecular complexity index is 459. The van der Waals surface area contributed by atoms with Crippen molar-refractivity contribution < 1.29 is 14.5 Å². The summed E-state index contributed by atoms with van der Waals surface area (Å²) in [5.74, 6) is -0.340. The maximum absolute atomic E-state index is 11.2. The van der Waals surface area contributed by atoms with Gasteiger partial charge < -0.3 is 9.64 Å². The van der Waals surface area contributed by atoms with Crippen molar-refractivity contribution in [3.8, 4) is 0 Å². The van der Waals surface area contributed by atoms with E-state index >= 15 is 0 Å². The SMILES string of the molecule is CCN(CC(=O)OC)c1ccc([N+](=O)[O-])c(C)c1. The third kappa shape index (κ3) is 3.19. The van der Waals surface area contributed by atoms with E-state index in [4.69, 9.17) is 0 Å². The lowest BCUT2D eigenvalue weighted by atomic mass is 10.1.